The first-order valence-corrected chi connectivity index (χ1v) is 7.37. The van der Waals surface area contributed by atoms with Gasteiger partial charge in [0.2, 0.25) is 0 Å². The summed E-state index contributed by atoms with van der Waals surface area (Å²) >= 11 is 0. The molecular weight excluding hydrogens is 212 g/mol. The van der Waals surface area contributed by atoms with Crippen molar-refractivity contribution in [2.24, 2.45) is 0 Å². The van der Waals surface area contributed by atoms with Gasteiger partial charge in [0.25, 0.3) is 0 Å². The molecule has 0 spiro atoms. The highest BCUT2D eigenvalue weighted by molar-refractivity contribution is 4.83. The van der Waals surface area contributed by atoms with Crippen molar-refractivity contribution in [2.45, 2.75) is 51.7 Å². The first-order valence-electron chi connectivity index (χ1n) is 7.37. The van der Waals surface area contributed by atoms with Gasteiger partial charge >= 0.3 is 0 Å². The molecule has 2 heterocycles. The molecule has 0 saturated carbocycles. The third kappa shape index (κ3) is 3.94. The van der Waals surface area contributed by atoms with Crippen molar-refractivity contribution in [1.29, 1.82) is 0 Å². The topological polar surface area (TPSA) is 15.7 Å². The van der Waals surface area contributed by atoms with Crippen molar-refractivity contribution < 1.29 is 4.74 Å². The molecule has 0 bridgehead atoms. The Labute approximate surface area is 106 Å². The van der Waals surface area contributed by atoms with Gasteiger partial charge in [-0.3, -0.25) is 9.80 Å². The van der Waals surface area contributed by atoms with Crippen molar-refractivity contribution in [2.75, 3.05) is 39.3 Å². The van der Waals surface area contributed by atoms with E-state index in [9.17, 15) is 0 Å². The number of fused-ring (bicyclic) bond motifs is 1. The lowest BCUT2D eigenvalue weighted by atomic mass is 10.0. The van der Waals surface area contributed by atoms with Crippen LogP contribution in [-0.4, -0.2) is 61.3 Å². The molecule has 2 rings (SSSR count). The molecule has 2 saturated heterocycles. The Morgan fingerprint density at radius 2 is 2.00 bits per heavy atom. The second kappa shape index (κ2) is 6.72. The van der Waals surface area contributed by atoms with Crippen LogP contribution in [0.25, 0.3) is 0 Å². The Bertz CT molecular complexity index is 222. The van der Waals surface area contributed by atoms with Gasteiger partial charge in [0.1, 0.15) is 0 Å². The number of rotatable bonds is 4. The Morgan fingerprint density at radius 1 is 1.18 bits per heavy atom. The highest BCUT2D eigenvalue weighted by Crippen LogP contribution is 2.21. The molecule has 0 N–H and O–H groups in total. The van der Waals surface area contributed by atoms with Crippen LogP contribution >= 0.6 is 0 Å². The minimum absolute atomic E-state index is 0.384. The van der Waals surface area contributed by atoms with Crippen LogP contribution < -0.4 is 0 Å². The van der Waals surface area contributed by atoms with E-state index in [0.717, 1.165) is 19.2 Å². The summed E-state index contributed by atoms with van der Waals surface area (Å²) in [5.41, 5.74) is 0. The SMILES string of the molecule is CCOC(C)CN1CCCN2CCCCC2C1. The molecule has 2 aliphatic rings. The monoisotopic (exact) mass is 240 g/mol. The Kier molecular flexibility index (Phi) is 5.26. The smallest absolute Gasteiger partial charge is 0.0673 e. The third-order valence-electron chi connectivity index (χ3n) is 4.10. The number of nitrogens with zero attached hydrogens (tertiary/aromatic N) is 2. The van der Waals surface area contributed by atoms with E-state index in [1.54, 1.807) is 0 Å². The van der Waals surface area contributed by atoms with Gasteiger partial charge in [-0.15, -0.1) is 0 Å². The van der Waals surface area contributed by atoms with Crippen LogP contribution in [0.2, 0.25) is 0 Å². The van der Waals surface area contributed by atoms with Gasteiger partial charge in [0, 0.05) is 25.7 Å². The summed E-state index contributed by atoms with van der Waals surface area (Å²) in [4.78, 5) is 5.34. The lowest BCUT2D eigenvalue weighted by Gasteiger charge is -2.35. The standard InChI is InChI=1S/C14H28N2O/c1-3-17-13(2)11-15-8-6-10-16-9-5-4-7-14(16)12-15/h13-14H,3-12H2,1-2H3. The predicted molar refractivity (Wildman–Crippen MR) is 71.4 cm³/mol. The summed E-state index contributed by atoms with van der Waals surface area (Å²) in [6.45, 7) is 11.4. The predicted octanol–water partition coefficient (Wildman–Crippen LogP) is 1.97. The molecule has 2 unspecified atom stereocenters. The van der Waals surface area contributed by atoms with Crippen LogP contribution in [0.5, 0.6) is 0 Å². The molecule has 2 fully saturated rings. The summed E-state index contributed by atoms with van der Waals surface area (Å²) < 4.78 is 5.67. The van der Waals surface area contributed by atoms with Crippen molar-refractivity contribution in [3.8, 4) is 0 Å². The molecule has 0 radical (unpaired) electrons. The Balaban J connectivity index is 1.82. The largest absolute Gasteiger partial charge is 0.377 e. The maximum atomic E-state index is 5.67. The summed E-state index contributed by atoms with van der Waals surface area (Å²) in [6, 6.07) is 0.820. The normalized spacial score (nSPS) is 29.6. The van der Waals surface area contributed by atoms with Crippen molar-refractivity contribution >= 4 is 0 Å². The molecule has 0 amide bonds. The van der Waals surface area contributed by atoms with Crippen LogP contribution in [0.15, 0.2) is 0 Å². The molecule has 3 nitrogen and oxygen atoms in total. The first-order chi connectivity index (χ1) is 8.29. The number of ether oxygens (including phenoxy) is 1. The maximum absolute atomic E-state index is 5.67. The number of piperidine rings is 1. The van der Waals surface area contributed by atoms with Crippen LogP contribution in [0.1, 0.15) is 39.5 Å². The lowest BCUT2D eigenvalue weighted by molar-refractivity contribution is 0.0406. The average Bonchev–Trinajstić information content (AvgIpc) is 2.50. The Hall–Kier alpha value is -0.120. The molecule has 0 aliphatic carbocycles. The summed E-state index contributed by atoms with van der Waals surface area (Å²) in [5.74, 6) is 0. The zero-order valence-corrected chi connectivity index (χ0v) is 11.5. The van der Waals surface area contributed by atoms with E-state index >= 15 is 0 Å². The second-order valence-electron chi connectivity index (χ2n) is 5.56. The average molecular weight is 240 g/mol. The minimum Gasteiger partial charge on any atom is -0.377 e. The van der Waals surface area contributed by atoms with Gasteiger partial charge in [-0.25, -0.2) is 0 Å². The van der Waals surface area contributed by atoms with Gasteiger partial charge in [0.15, 0.2) is 0 Å². The van der Waals surface area contributed by atoms with Crippen LogP contribution in [0.3, 0.4) is 0 Å². The zero-order chi connectivity index (χ0) is 12.1. The molecule has 2 atom stereocenters. The molecule has 0 aromatic rings. The third-order valence-corrected chi connectivity index (χ3v) is 4.10. The molecule has 100 valence electrons. The van der Waals surface area contributed by atoms with Crippen molar-refractivity contribution in [3.05, 3.63) is 0 Å². The van der Waals surface area contributed by atoms with Gasteiger partial charge < -0.3 is 4.74 Å². The molecule has 3 heteroatoms. The van der Waals surface area contributed by atoms with Gasteiger partial charge in [-0.2, -0.15) is 0 Å². The van der Waals surface area contributed by atoms with E-state index in [4.69, 9.17) is 4.74 Å². The van der Waals surface area contributed by atoms with Crippen LogP contribution in [-0.2, 0) is 4.74 Å². The lowest BCUT2D eigenvalue weighted by Crippen LogP contribution is -2.45. The van der Waals surface area contributed by atoms with E-state index in [1.165, 1.54) is 51.9 Å². The van der Waals surface area contributed by atoms with Gasteiger partial charge in [-0.05, 0) is 52.7 Å². The fourth-order valence-corrected chi connectivity index (χ4v) is 3.31. The quantitative estimate of drug-likeness (QED) is 0.747. The second-order valence-corrected chi connectivity index (χ2v) is 5.56. The van der Waals surface area contributed by atoms with E-state index < -0.39 is 0 Å². The molecule has 0 aromatic heterocycles. The highest BCUT2D eigenvalue weighted by atomic mass is 16.5. The molecule has 2 aliphatic heterocycles. The highest BCUT2D eigenvalue weighted by Gasteiger charge is 2.27. The molecule has 0 aromatic carbocycles. The van der Waals surface area contributed by atoms with E-state index in [2.05, 4.69) is 23.6 Å². The fraction of sp³-hybridized carbons (Fsp3) is 1.00. The summed E-state index contributed by atoms with van der Waals surface area (Å²) in [5, 5.41) is 0. The van der Waals surface area contributed by atoms with Crippen LogP contribution in [0, 0.1) is 0 Å². The summed E-state index contributed by atoms with van der Waals surface area (Å²) in [6.07, 6.45) is 5.95. The first kappa shape index (κ1) is 13.3. The van der Waals surface area contributed by atoms with Crippen molar-refractivity contribution in [1.82, 2.24) is 9.80 Å². The fourth-order valence-electron chi connectivity index (χ4n) is 3.31. The van der Waals surface area contributed by atoms with E-state index in [-0.39, 0.29) is 0 Å². The van der Waals surface area contributed by atoms with Crippen molar-refractivity contribution in [3.63, 3.8) is 0 Å². The van der Waals surface area contributed by atoms with Gasteiger partial charge in [-0.1, -0.05) is 6.42 Å². The van der Waals surface area contributed by atoms with Crippen LogP contribution in [0.4, 0.5) is 0 Å². The number of hydrogen-bond donors (Lipinski definition) is 0. The Morgan fingerprint density at radius 3 is 2.82 bits per heavy atom. The van der Waals surface area contributed by atoms with E-state index in [0.29, 0.717) is 6.10 Å². The molecule has 17 heavy (non-hydrogen) atoms. The molecular formula is C14H28N2O. The van der Waals surface area contributed by atoms with E-state index in [1.807, 2.05) is 0 Å². The minimum atomic E-state index is 0.384. The number of hydrogen-bond acceptors (Lipinski definition) is 3. The zero-order valence-electron chi connectivity index (χ0n) is 11.5. The maximum Gasteiger partial charge on any atom is 0.0673 e. The summed E-state index contributed by atoms with van der Waals surface area (Å²) in [7, 11) is 0. The van der Waals surface area contributed by atoms with Gasteiger partial charge in [0.05, 0.1) is 6.10 Å².